The highest BCUT2D eigenvalue weighted by Crippen LogP contribution is 2.02. The average molecular weight is 111 g/mol. The molecule has 0 aliphatic carbocycles. The summed E-state index contributed by atoms with van der Waals surface area (Å²) in [5.74, 6) is 0. The molecule has 1 heteroatoms. The van der Waals surface area contributed by atoms with Gasteiger partial charge in [-0.15, -0.1) is 0 Å². The van der Waals surface area contributed by atoms with Crippen molar-refractivity contribution in [1.29, 1.82) is 0 Å². The molecule has 0 aromatic carbocycles. The van der Waals surface area contributed by atoms with Crippen molar-refractivity contribution in [3.63, 3.8) is 0 Å². The lowest BCUT2D eigenvalue weighted by atomic mass is 10.1. The molecule has 1 heterocycles. The van der Waals surface area contributed by atoms with Gasteiger partial charge in [0.15, 0.2) is 0 Å². The second-order valence-corrected chi connectivity index (χ2v) is 2.19. The van der Waals surface area contributed by atoms with Crippen LogP contribution in [0.4, 0.5) is 0 Å². The summed E-state index contributed by atoms with van der Waals surface area (Å²) in [7, 11) is 0. The van der Waals surface area contributed by atoms with E-state index in [0.29, 0.717) is 6.04 Å². The number of allylic oxidation sites excluding steroid dienone is 1. The molecule has 0 aromatic heterocycles. The van der Waals surface area contributed by atoms with E-state index in [0.717, 1.165) is 6.42 Å². The number of rotatable bonds is 2. The maximum atomic E-state index is 3.29. The minimum atomic E-state index is 0.704. The summed E-state index contributed by atoms with van der Waals surface area (Å²) in [5.41, 5.74) is 0. The van der Waals surface area contributed by atoms with Gasteiger partial charge in [0.2, 0.25) is 0 Å². The molecule has 1 unspecified atom stereocenters. The summed E-state index contributed by atoms with van der Waals surface area (Å²) < 4.78 is 0. The van der Waals surface area contributed by atoms with Gasteiger partial charge >= 0.3 is 0 Å². The van der Waals surface area contributed by atoms with E-state index in [1.54, 1.807) is 0 Å². The number of nitrogens with one attached hydrogen (secondary N) is 1. The first kappa shape index (κ1) is 5.83. The summed E-state index contributed by atoms with van der Waals surface area (Å²) in [5, 5.41) is 3.29. The Labute approximate surface area is 50.8 Å². The van der Waals surface area contributed by atoms with Gasteiger partial charge in [0.05, 0.1) is 0 Å². The fourth-order valence-corrected chi connectivity index (χ4v) is 0.776. The zero-order valence-corrected chi connectivity index (χ0v) is 5.35. The van der Waals surface area contributed by atoms with Crippen LogP contribution < -0.4 is 5.32 Å². The Hall–Kier alpha value is -0.300. The molecule has 0 radical (unpaired) electrons. The van der Waals surface area contributed by atoms with E-state index < -0.39 is 0 Å². The van der Waals surface area contributed by atoms with E-state index in [4.69, 9.17) is 0 Å². The Morgan fingerprint density at radius 3 is 2.88 bits per heavy atom. The lowest BCUT2D eigenvalue weighted by Crippen LogP contribution is -2.41. The van der Waals surface area contributed by atoms with Gasteiger partial charge in [0.1, 0.15) is 0 Å². The Morgan fingerprint density at radius 2 is 2.50 bits per heavy atom. The first-order valence-electron chi connectivity index (χ1n) is 3.33. The molecule has 1 aliphatic heterocycles. The van der Waals surface area contributed by atoms with Gasteiger partial charge in [-0.25, -0.2) is 0 Å². The molecule has 1 fully saturated rings. The third-order valence-electron chi connectivity index (χ3n) is 1.47. The van der Waals surface area contributed by atoms with Gasteiger partial charge in [-0.2, -0.15) is 0 Å². The summed E-state index contributed by atoms with van der Waals surface area (Å²) in [6, 6.07) is 0.704. The highest BCUT2D eigenvalue weighted by Gasteiger charge is 2.10. The van der Waals surface area contributed by atoms with Crippen molar-refractivity contribution in [2.75, 3.05) is 6.54 Å². The van der Waals surface area contributed by atoms with Crippen molar-refractivity contribution >= 4 is 0 Å². The molecule has 1 saturated heterocycles. The van der Waals surface area contributed by atoms with Gasteiger partial charge in [-0.3, -0.25) is 0 Å². The van der Waals surface area contributed by atoms with Crippen LogP contribution in [-0.2, 0) is 0 Å². The van der Waals surface area contributed by atoms with Crippen LogP contribution in [0, 0.1) is 0 Å². The minimum Gasteiger partial charge on any atom is -0.310 e. The molecule has 0 amide bonds. The Morgan fingerprint density at radius 1 is 1.75 bits per heavy atom. The Balaban J connectivity index is 2.08. The van der Waals surface area contributed by atoms with Crippen molar-refractivity contribution in [2.24, 2.45) is 0 Å². The van der Waals surface area contributed by atoms with Crippen LogP contribution in [0.3, 0.4) is 0 Å². The molecule has 8 heavy (non-hydrogen) atoms. The van der Waals surface area contributed by atoms with E-state index in [-0.39, 0.29) is 0 Å². The second-order valence-electron chi connectivity index (χ2n) is 2.19. The molecule has 0 bridgehead atoms. The fourth-order valence-electron chi connectivity index (χ4n) is 0.776. The van der Waals surface area contributed by atoms with Gasteiger partial charge in [0.25, 0.3) is 0 Å². The van der Waals surface area contributed by atoms with Crippen molar-refractivity contribution in [3.8, 4) is 0 Å². The Kier molecular flexibility index (Phi) is 2.10. The molecule has 1 rings (SSSR count). The molecule has 1 N–H and O–H groups in total. The van der Waals surface area contributed by atoms with Crippen molar-refractivity contribution < 1.29 is 0 Å². The Bertz CT molecular complexity index is 82.4. The van der Waals surface area contributed by atoms with E-state index >= 15 is 0 Å². The molecular formula is C7H13N. The van der Waals surface area contributed by atoms with Gasteiger partial charge in [-0.1, -0.05) is 19.1 Å². The SMILES string of the molecule is CC/C=C/C1CCN1. The van der Waals surface area contributed by atoms with Gasteiger partial charge in [0, 0.05) is 6.04 Å². The summed E-state index contributed by atoms with van der Waals surface area (Å²) in [4.78, 5) is 0. The van der Waals surface area contributed by atoms with Crippen LogP contribution in [-0.4, -0.2) is 12.6 Å². The largest absolute Gasteiger partial charge is 0.310 e. The molecule has 0 saturated carbocycles. The molecule has 1 atom stereocenters. The van der Waals surface area contributed by atoms with E-state index in [1.807, 2.05) is 0 Å². The monoisotopic (exact) mass is 111 g/mol. The van der Waals surface area contributed by atoms with E-state index in [2.05, 4.69) is 24.4 Å². The molecule has 46 valence electrons. The maximum absolute atomic E-state index is 3.29. The molecule has 1 nitrogen and oxygen atoms in total. The fraction of sp³-hybridized carbons (Fsp3) is 0.714. The summed E-state index contributed by atoms with van der Waals surface area (Å²) >= 11 is 0. The predicted molar refractivity (Wildman–Crippen MR) is 35.8 cm³/mol. The lowest BCUT2D eigenvalue weighted by Gasteiger charge is -2.23. The average Bonchev–Trinajstić information content (AvgIpc) is 1.63. The third kappa shape index (κ3) is 1.34. The highest BCUT2D eigenvalue weighted by molar-refractivity contribution is 4.97. The molecule has 0 aromatic rings. The highest BCUT2D eigenvalue weighted by atomic mass is 15.0. The quantitative estimate of drug-likeness (QED) is 0.530. The lowest BCUT2D eigenvalue weighted by molar-refractivity contribution is 0.436. The number of hydrogen-bond acceptors (Lipinski definition) is 1. The van der Waals surface area contributed by atoms with Crippen molar-refractivity contribution in [3.05, 3.63) is 12.2 Å². The summed E-state index contributed by atoms with van der Waals surface area (Å²) in [6.07, 6.45) is 6.97. The predicted octanol–water partition coefficient (Wildman–Crippen LogP) is 1.31. The normalized spacial score (nSPS) is 28.4. The summed E-state index contributed by atoms with van der Waals surface area (Å²) in [6.45, 7) is 3.37. The molecule has 0 spiro atoms. The van der Waals surface area contributed by atoms with Crippen molar-refractivity contribution in [2.45, 2.75) is 25.8 Å². The first-order valence-corrected chi connectivity index (χ1v) is 3.33. The molecule has 1 aliphatic rings. The van der Waals surface area contributed by atoms with Crippen molar-refractivity contribution in [1.82, 2.24) is 5.32 Å². The molecular weight excluding hydrogens is 98.1 g/mol. The van der Waals surface area contributed by atoms with Gasteiger partial charge < -0.3 is 5.32 Å². The van der Waals surface area contributed by atoms with Crippen LogP contribution in [0.15, 0.2) is 12.2 Å². The zero-order valence-electron chi connectivity index (χ0n) is 5.35. The van der Waals surface area contributed by atoms with Crippen LogP contribution >= 0.6 is 0 Å². The minimum absolute atomic E-state index is 0.704. The van der Waals surface area contributed by atoms with Crippen LogP contribution in [0.25, 0.3) is 0 Å². The van der Waals surface area contributed by atoms with E-state index in [9.17, 15) is 0 Å². The van der Waals surface area contributed by atoms with Crippen LogP contribution in [0.1, 0.15) is 19.8 Å². The van der Waals surface area contributed by atoms with Crippen LogP contribution in [0.5, 0.6) is 0 Å². The maximum Gasteiger partial charge on any atom is 0.0262 e. The smallest absolute Gasteiger partial charge is 0.0262 e. The first-order chi connectivity index (χ1) is 3.93. The van der Waals surface area contributed by atoms with Crippen LogP contribution in [0.2, 0.25) is 0 Å². The topological polar surface area (TPSA) is 12.0 Å². The van der Waals surface area contributed by atoms with Gasteiger partial charge in [-0.05, 0) is 19.4 Å². The standard InChI is InChI=1S/C7H13N/c1-2-3-4-7-5-6-8-7/h3-4,7-8H,2,5-6H2,1H3/b4-3+. The second kappa shape index (κ2) is 2.88. The number of hydrogen-bond donors (Lipinski definition) is 1. The zero-order chi connectivity index (χ0) is 5.82. The van der Waals surface area contributed by atoms with E-state index in [1.165, 1.54) is 13.0 Å². The third-order valence-corrected chi connectivity index (χ3v) is 1.47.